The van der Waals surface area contributed by atoms with E-state index in [2.05, 4.69) is 15.2 Å². The van der Waals surface area contributed by atoms with E-state index in [9.17, 15) is 4.79 Å². The van der Waals surface area contributed by atoms with Crippen LogP contribution in [0.4, 0.5) is 0 Å². The molecule has 6 nitrogen and oxygen atoms in total. The van der Waals surface area contributed by atoms with Crippen molar-refractivity contribution in [1.29, 1.82) is 0 Å². The molecule has 0 bridgehead atoms. The van der Waals surface area contributed by atoms with Gasteiger partial charge in [0.05, 0.1) is 0 Å². The summed E-state index contributed by atoms with van der Waals surface area (Å²) < 4.78 is 0. The number of hydrogen-bond acceptors (Lipinski definition) is 4. The van der Waals surface area contributed by atoms with Gasteiger partial charge in [-0.1, -0.05) is 0 Å². The summed E-state index contributed by atoms with van der Waals surface area (Å²) in [7, 11) is 0. The van der Waals surface area contributed by atoms with Crippen LogP contribution < -0.4 is 5.73 Å². The van der Waals surface area contributed by atoms with Crippen molar-refractivity contribution in [1.82, 2.24) is 15.2 Å². The predicted molar refractivity (Wildman–Crippen MR) is 35.6 cm³/mol. The molecule has 1 aromatic rings. The molecule has 0 unspecified atom stereocenters. The minimum Gasteiger partial charge on any atom is -0.480 e. The number of nitrogens with zero attached hydrogens (tertiary/aromatic N) is 2. The third-order valence-corrected chi connectivity index (χ3v) is 1.35. The molecule has 60 valence electrons. The molecular formula is C5H8N4O2. The lowest BCUT2D eigenvalue weighted by Crippen LogP contribution is -2.42. The van der Waals surface area contributed by atoms with Gasteiger partial charge in [0.15, 0.2) is 11.4 Å². The lowest BCUT2D eigenvalue weighted by molar-refractivity contribution is -0.143. The highest BCUT2D eigenvalue weighted by molar-refractivity contribution is 5.78. The average Bonchev–Trinajstić information content (AvgIpc) is 2.37. The van der Waals surface area contributed by atoms with Crippen LogP contribution >= 0.6 is 0 Å². The summed E-state index contributed by atoms with van der Waals surface area (Å²) in [6, 6.07) is 0. The van der Waals surface area contributed by atoms with Crippen LogP contribution in [0.5, 0.6) is 0 Å². The van der Waals surface area contributed by atoms with E-state index in [-0.39, 0.29) is 5.82 Å². The number of carboxylic acid groups (broad SMARTS) is 1. The second-order valence-electron chi connectivity index (χ2n) is 2.34. The number of carboxylic acids is 1. The smallest absolute Gasteiger partial charge is 0.331 e. The second kappa shape index (κ2) is 2.31. The van der Waals surface area contributed by atoms with Gasteiger partial charge in [-0.2, -0.15) is 5.10 Å². The first-order chi connectivity index (χ1) is 5.05. The number of nitrogens with one attached hydrogen (secondary N) is 1. The second-order valence-corrected chi connectivity index (χ2v) is 2.34. The third kappa shape index (κ3) is 1.20. The Balaban J connectivity index is 3.00. The highest BCUT2D eigenvalue weighted by Gasteiger charge is 2.33. The van der Waals surface area contributed by atoms with Crippen molar-refractivity contribution in [3.8, 4) is 0 Å². The van der Waals surface area contributed by atoms with E-state index in [1.165, 1.54) is 13.3 Å². The summed E-state index contributed by atoms with van der Waals surface area (Å²) in [4.78, 5) is 14.1. The van der Waals surface area contributed by atoms with Crippen molar-refractivity contribution >= 4 is 5.97 Å². The maximum absolute atomic E-state index is 10.5. The molecule has 1 rings (SSSR count). The summed E-state index contributed by atoms with van der Waals surface area (Å²) in [6.07, 6.45) is 1.21. The molecule has 0 aromatic carbocycles. The van der Waals surface area contributed by atoms with Gasteiger partial charge in [-0.15, -0.1) is 0 Å². The van der Waals surface area contributed by atoms with E-state index >= 15 is 0 Å². The lowest BCUT2D eigenvalue weighted by atomic mass is 10.0. The molecule has 0 aliphatic heterocycles. The molecule has 4 N–H and O–H groups in total. The predicted octanol–water partition coefficient (Wildman–Crippen LogP) is -0.937. The first-order valence-corrected chi connectivity index (χ1v) is 2.93. The fraction of sp³-hybridized carbons (Fsp3) is 0.400. The van der Waals surface area contributed by atoms with Crippen LogP contribution in [-0.4, -0.2) is 26.3 Å². The van der Waals surface area contributed by atoms with Crippen LogP contribution in [-0.2, 0) is 10.3 Å². The number of hydrogen-bond donors (Lipinski definition) is 3. The first-order valence-electron chi connectivity index (χ1n) is 2.93. The Labute approximate surface area is 62.4 Å². The summed E-state index contributed by atoms with van der Waals surface area (Å²) in [5.41, 5.74) is 3.90. The molecule has 6 heteroatoms. The van der Waals surface area contributed by atoms with Gasteiger partial charge in [-0.25, -0.2) is 9.78 Å². The number of nitrogens with two attached hydrogens (primary N) is 1. The Morgan fingerprint density at radius 1 is 1.91 bits per heavy atom. The highest BCUT2D eigenvalue weighted by atomic mass is 16.4. The van der Waals surface area contributed by atoms with Gasteiger partial charge >= 0.3 is 5.97 Å². The lowest BCUT2D eigenvalue weighted by Gasteiger charge is -2.14. The van der Waals surface area contributed by atoms with Crippen molar-refractivity contribution in [2.45, 2.75) is 12.5 Å². The average molecular weight is 156 g/mol. The van der Waals surface area contributed by atoms with Crippen molar-refractivity contribution < 1.29 is 9.90 Å². The van der Waals surface area contributed by atoms with Gasteiger partial charge < -0.3 is 10.8 Å². The Hall–Kier alpha value is -1.43. The van der Waals surface area contributed by atoms with Gasteiger partial charge in [-0.05, 0) is 6.92 Å². The summed E-state index contributed by atoms with van der Waals surface area (Å²) in [5.74, 6) is -1.00. The number of H-pyrrole nitrogens is 1. The minimum absolute atomic E-state index is 0.144. The zero-order chi connectivity index (χ0) is 8.48. The summed E-state index contributed by atoms with van der Waals surface area (Å²) in [6.45, 7) is 1.34. The fourth-order valence-electron chi connectivity index (χ4n) is 0.557. The molecule has 1 atom stereocenters. The number of rotatable bonds is 2. The monoisotopic (exact) mass is 156 g/mol. The van der Waals surface area contributed by atoms with Gasteiger partial charge in [0.25, 0.3) is 0 Å². The first kappa shape index (κ1) is 7.67. The van der Waals surface area contributed by atoms with E-state index in [4.69, 9.17) is 10.8 Å². The number of aromatic nitrogens is 3. The van der Waals surface area contributed by atoms with Gasteiger partial charge in [-0.3, -0.25) is 5.10 Å². The van der Waals surface area contributed by atoms with E-state index in [1.54, 1.807) is 0 Å². The topological polar surface area (TPSA) is 105 Å². The molecule has 1 aromatic heterocycles. The highest BCUT2D eigenvalue weighted by Crippen LogP contribution is 2.10. The SMILES string of the molecule is C[C@](N)(C(=O)O)c1ncn[nH]1. The van der Waals surface area contributed by atoms with Crippen LogP contribution in [0.3, 0.4) is 0 Å². The van der Waals surface area contributed by atoms with E-state index in [0.717, 1.165) is 0 Å². The molecule has 0 amide bonds. The number of aliphatic carboxylic acids is 1. The third-order valence-electron chi connectivity index (χ3n) is 1.35. The largest absolute Gasteiger partial charge is 0.480 e. The molecule has 0 aliphatic rings. The Morgan fingerprint density at radius 2 is 2.55 bits per heavy atom. The van der Waals surface area contributed by atoms with E-state index in [0.29, 0.717) is 0 Å². The van der Waals surface area contributed by atoms with E-state index < -0.39 is 11.5 Å². The van der Waals surface area contributed by atoms with Gasteiger partial charge in [0.2, 0.25) is 0 Å². The molecule has 0 saturated heterocycles. The minimum atomic E-state index is -1.49. The molecule has 1 heterocycles. The van der Waals surface area contributed by atoms with Crippen LogP contribution in [0, 0.1) is 0 Å². The maximum atomic E-state index is 10.5. The molecule has 0 saturated carbocycles. The van der Waals surface area contributed by atoms with Crippen molar-refractivity contribution in [2.24, 2.45) is 5.73 Å². The Morgan fingerprint density at radius 3 is 2.91 bits per heavy atom. The zero-order valence-corrected chi connectivity index (χ0v) is 5.90. The molecule has 0 radical (unpaired) electrons. The van der Waals surface area contributed by atoms with Gasteiger partial charge in [0.1, 0.15) is 6.33 Å². The van der Waals surface area contributed by atoms with Crippen LogP contribution in [0.1, 0.15) is 12.7 Å². The molecule has 0 spiro atoms. The van der Waals surface area contributed by atoms with Crippen LogP contribution in [0.2, 0.25) is 0 Å². The Bertz CT molecular complexity index is 253. The molecule has 0 fully saturated rings. The quantitative estimate of drug-likeness (QED) is 0.512. The van der Waals surface area contributed by atoms with Crippen molar-refractivity contribution in [3.63, 3.8) is 0 Å². The van der Waals surface area contributed by atoms with Crippen LogP contribution in [0.15, 0.2) is 6.33 Å². The summed E-state index contributed by atoms with van der Waals surface area (Å²) >= 11 is 0. The number of aromatic amines is 1. The number of carbonyl (C=O) groups is 1. The van der Waals surface area contributed by atoms with E-state index in [1.807, 2.05) is 0 Å². The van der Waals surface area contributed by atoms with Crippen molar-refractivity contribution in [3.05, 3.63) is 12.2 Å². The summed E-state index contributed by atoms with van der Waals surface area (Å²) in [5, 5.41) is 14.5. The maximum Gasteiger partial charge on any atom is 0.331 e. The molecule has 0 aliphatic carbocycles. The Kier molecular flexibility index (Phi) is 1.61. The van der Waals surface area contributed by atoms with Crippen LogP contribution in [0.25, 0.3) is 0 Å². The van der Waals surface area contributed by atoms with Crippen molar-refractivity contribution in [2.75, 3.05) is 0 Å². The molecular weight excluding hydrogens is 148 g/mol. The zero-order valence-electron chi connectivity index (χ0n) is 5.90. The fourth-order valence-corrected chi connectivity index (χ4v) is 0.557. The normalized spacial score (nSPS) is 15.8. The molecule has 11 heavy (non-hydrogen) atoms. The van der Waals surface area contributed by atoms with Gasteiger partial charge in [0, 0.05) is 0 Å². The standard InChI is InChI=1S/C5H8N4O2/c1-5(6,4(10)11)3-7-2-8-9-3/h2H,6H2,1H3,(H,10,11)(H,7,8,9)/t5-/m1/s1.